The van der Waals surface area contributed by atoms with Gasteiger partial charge in [-0.3, -0.25) is 0 Å². The second-order valence-electron chi connectivity index (χ2n) is 4.67. The fourth-order valence-electron chi connectivity index (χ4n) is 2.42. The minimum atomic E-state index is 0.141. The van der Waals surface area contributed by atoms with Gasteiger partial charge in [0, 0.05) is 5.56 Å². The highest BCUT2D eigenvalue weighted by Crippen LogP contribution is 2.34. The number of hydrogen-bond donors (Lipinski definition) is 1. The predicted octanol–water partition coefficient (Wildman–Crippen LogP) is 4.35. The van der Waals surface area contributed by atoms with E-state index in [9.17, 15) is 5.11 Å². The Hall–Kier alpha value is -2.81. The van der Waals surface area contributed by atoms with Crippen LogP contribution in [-0.2, 0) is 0 Å². The summed E-state index contributed by atoms with van der Waals surface area (Å²) in [5.74, 6) is 0.141. The lowest BCUT2D eigenvalue weighted by Crippen LogP contribution is -1.82. The summed E-state index contributed by atoms with van der Waals surface area (Å²) >= 11 is 0. The number of phenolic OH excluding ortho intramolecular Hbond substituents is 1. The summed E-state index contributed by atoms with van der Waals surface area (Å²) in [6, 6.07) is 19.1. The van der Waals surface area contributed by atoms with Crippen molar-refractivity contribution in [2.75, 3.05) is 0 Å². The molecule has 0 radical (unpaired) electrons. The zero-order chi connectivity index (χ0) is 13.5. The molecule has 0 saturated heterocycles. The molecule has 2 aromatic carbocycles. The maximum atomic E-state index is 9.84. The summed E-state index contributed by atoms with van der Waals surface area (Å²) in [4.78, 5) is 4.67. The summed E-state index contributed by atoms with van der Waals surface area (Å²) in [6.45, 7) is 0. The van der Waals surface area contributed by atoms with Gasteiger partial charge in [0.1, 0.15) is 5.52 Å². The van der Waals surface area contributed by atoms with Gasteiger partial charge in [-0.15, -0.1) is 0 Å². The number of para-hydroxylation sites is 1. The standard InChI is InChI=1S/C17H11NO2/c19-14-8-4-7-12-16-15(20-17(12)14)10-9-13(18-16)11-5-2-1-3-6-11/h1-10,19H. The Balaban J connectivity index is 2.04. The number of fused-ring (bicyclic) bond motifs is 3. The van der Waals surface area contributed by atoms with E-state index in [2.05, 4.69) is 4.98 Å². The fourth-order valence-corrected chi connectivity index (χ4v) is 2.42. The van der Waals surface area contributed by atoms with Gasteiger partial charge in [-0.25, -0.2) is 4.98 Å². The van der Waals surface area contributed by atoms with Gasteiger partial charge in [-0.1, -0.05) is 36.4 Å². The Labute approximate surface area is 115 Å². The molecule has 0 unspecified atom stereocenters. The van der Waals surface area contributed by atoms with Crippen molar-refractivity contribution in [1.29, 1.82) is 0 Å². The highest BCUT2D eigenvalue weighted by molar-refractivity contribution is 6.04. The number of rotatable bonds is 1. The number of nitrogens with zero attached hydrogens (tertiary/aromatic N) is 1. The Kier molecular flexibility index (Phi) is 2.27. The van der Waals surface area contributed by atoms with Crippen LogP contribution in [-0.4, -0.2) is 10.1 Å². The first-order chi connectivity index (χ1) is 9.83. The number of aromatic hydroxyl groups is 1. The molecular formula is C17H11NO2. The first-order valence-electron chi connectivity index (χ1n) is 6.39. The van der Waals surface area contributed by atoms with Crippen LogP contribution < -0.4 is 0 Å². The molecule has 3 nitrogen and oxygen atoms in total. The van der Waals surface area contributed by atoms with E-state index >= 15 is 0 Å². The molecule has 0 saturated carbocycles. The maximum absolute atomic E-state index is 9.84. The van der Waals surface area contributed by atoms with E-state index in [1.165, 1.54) is 0 Å². The Morgan fingerprint density at radius 3 is 2.55 bits per heavy atom. The Morgan fingerprint density at radius 1 is 0.850 bits per heavy atom. The van der Waals surface area contributed by atoms with Crippen LogP contribution in [0.2, 0.25) is 0 Å². The number of phenols is 1. The summed E-state index contributed by atoms with van der Waals surface area (Å²) in [6.07, 6.45) is 0. The van der Waals surface area contributed by atoms with Crippen molar-refractivity contribution in [1.82, 2.24) is 4.98 Å². The molecular weight excluding hydrogens is 250 g/mol. The van der Waals surface area contributed by atoms with E-state index in [0.29, 0.717) is 11.2 Å². The molecule has 1 N–H and O–H groups in total. The third-order valence-corrected chi connectivity index (χ3v) is 3.39. The van der Waals surface area contributed by atoms with Crippen LogP contribution in [0, 0.1) is 0 Å². The number of hydrogen-bond acceptors (Lipinski definition) is 3. The van der Waals surface area contributed by atoms with Crippen molar-refractivity contribution in [2.24, 2.45) is 0 Å². The molecule has 0 atom stereocenters. The molecule has 0 aliphatic carbocycles. The summed E-state index contributed by atoms with van der Waals surface area (Å²) in [7, 11) is 0. The van der Waals surface area contributed by atoms with Crippen LogP contribution in [0.25, 0.3) is 33.3 Å². The van der Waals surface area contributed by atoms with Gasteiger partial charge in [0.15, 0.2) is 16.9 Å². The molecule has 2 heterocycles. The molecule has 2 aromatic heterocycles. The van der Waals surface area contributed by atoms with Crippen LogP contribution in [0.3, 0.4) is 0 Å². The SMILES string of the molecule is Oc1cccc2c1oc1ccc(-c3ccccc3)nc12. The molecule has 0 aliphatic rings. The molecule has 0 amide bonds. The topological polar surface area (TPSA) is 46.3 Å². The van der Waals surface area contributed by atoms with Gasteiger partial charge in [0.05, 0.1) is 11.1 Å². The zero-order valence-electron chi connectivity index (χ0n) is 10.6. The van der Waals surface area contributed by atoms with E-state index in [4.69, 9.17) is 4.42 Å². The average molecular weight is 261 g/mol. The van der Waals surface area contributed by atoms with Gasteiger partial charge < -0.3 is 9.52 Å². The number of pyridine rings is 1. The van der Waals surface area contributed by atoms with Crippen molar-refractivity contribution in [2.45, 2.75) is 0 Å². The molecule has 3 heteroatoms. The maximum Gasteiger partial charge on any atom is 0.178 e. The first-order valence-corrected chi connectivity index (χ1v) is 6.39. The van der Waals surface area contributed by atoms with Crippen LogP contribution in [0.15, 0.2) is 65.1 Å². The number of furan rings is 1. The van der Waals surface area contributed by atoms with Gasteiger partial charge in [0.2, 0.25) is 0 Å². The van der Waals surface area contributed by atoms with Crippen molar-refractivity contribution in [3.63, 3.8) is 0 Å². The molecule has 0 aliphatic heterocycles. The molecule has 96 valence electrons. The molecule has 4 aromatic rings. The number of aromatic nitrogens is 1. The zero-order valence-corrected chi connectivity index (χ0v) is 10.6. The van der Waals surface area contributed by atoms with Crippen LogP contribution >= 0.6 is 0 Å². The number of benzene rings is 2. The predicted molar refractivity (Wildman–Crippen MR) is 78.6 cm³/mol. The second-order valence-corrected chi connectivity index (χ2v) is 4.67. The molecule has 4 rings (SSSR count). The Bertz CT molecular complexity index is 910. The van der Waals surface area contributed by atoms with Gasteiger partial charge >= 0.3 is 0 Å². The van der Waals surface area contributed by atoms with Crippen LogP contribution in [0.4, 0.5) is 0 Å². The second kappa shape index (κ2) is 4.10. The molecule has 0 spiro atoms. The fraction of sp³-hybridized carbons (Fsp3) is 0. The summed E-state index contributed by atoms with van der Waals surface area (Å²) in [5, 5.41) is 10.7. The van der Waals surface area contributed by atoms with Crippen molar-refractivity contribution in [3.05, 3.63) is 60.7 Å². The molecule has 0 fully saturated rings. The van der Waals surface area contributed by atoms with E-state index in [0.717, 1.165) is 22.2 Å². The van der Waals surface area contributed by atoms with Crippen LogP contribution in [0.1, 0.15) is 0 Å². The van der Waals surface area contributed by atoms with Crippen molar-refractivity contribution in [3.8, 4) is 17.0 Å². The Morgan fingerprint density at radius 2 is 1.70 bits per heavy atom. The lowest BCUT2D eigenvalue weighted by atomic mass is 10.1. The normalized spacial score (nSPS) is 11.2. The lowest BCUT2D eigenvalue weighted by molar-refractivity contribution is 0.469. The quantitative estimate of drug-likeness (QED) is 0.554. The third kappa shape index (κ3) is 1.57. The van der Waals surface area contributed by atoms with Crippen LogP contribution in [0.5, 0.6) is 5.75 Å². The van der Waals surface area contributed by atoms with Gasteiger partial charge in [-0.05, 0) is 24.3 Å². The van der Waals surface area contributed by atoms with E-state index in [-0.39, 0.29) is 5.75 Å². The lowest BCUT2D eigenvalue weighted by Gasteiger charge is -1.99. The monoisotopic (exact) mass is 261 g/mol. The van der Waals surface area contributed by atoms with E-state index < -0.39 is 0 Å². The van der Waals surface area contributed by atoms with E-state index in [1.54, 1.807) is 12.1 Å². The third-order valence-electron chi connectivity index (χ3n) is 3.39. The van der Waals surface area contributed by atoms with E-state index in [1.807, 2.05) is 48.5 Å². The van der Waals surface area contributed by atoms with Gasteiger partial charge in [-0.2, -0.15) is 0 Å². The first kappa shape index (κ1) is 11.1. The average Bonchev–Trinajstić information content (AvgIpc) is 2.88. The minimum absolute atomic E-state index is 0.141. The molecule has 0 bridgehead atoms. The largest absolute Gasteiger partial charge is 0.504 e. The van der Waals surface area contributed by atoms with Crippen molar-refractivity contribution < 1.29 is 9.52 Å². The minimum Gasteiger partial charge on any atom is -0.504 e. The molecule has 20 heavy (non-hydrogen) atoms. The van der Waals surface area contributed by atoms with Gasteiger partial charge in [0.25, 0.3) is 0 Å². The smallest absolute Gasteiger partial charge is 0.178 e. The highest BCUT2D eigenvalue weighted by Gasteiger charge is 2.12. The summed E-state index contributed by atoms with van der Waals surface area (Å²) < 4.78 is 5.66. The highest BCUT2D eigenvalue weighted by atomic mass is 16.4. The summed E-state index contributed by atoms with van der Waals surface area (Å²) in [5.41, 5.74) is 3.90. The van der Waals surface area contributed by atoms with Crippen molar-refractivity contribution >= 4 is 22.1 Å².